The zero-order valence-electron chi connectivity index (χ0n) is 12.6. The van der Waals surface area contributed by atoms with Gasteiger partial charge in [-0.25, -0.2) is 4.98 Å². The molecule has 1 atom stereocenters. The Balaban J connectivity index is 2.02. The SMILES string of the molecule is CCNc1cc(C(=O)NC(C)Cn2cccn2)cc(C)n1. The predicted octanol–water partition coefficient (Wildman–Crippen LogP) is 1.84. The molecular weight excluding hydrogens is 266 g/mol. The van der Waals surface area contributed by atoms with Gasteiger partial charge in [0.25, 0.3) is 5.91 Å². The van der Waals surface area contributed by atoms with Crippen LogP contribution in [0.1, 0.15) is 29.9 Å². The van der Waals surface area contributed by atoms with E-state index >= 15 is 0 Å². The van der Waals surface area contributed by atoms with Crippen molar-refractivity contribution in [2.45, 2.75) is 33.4 Å². The minimum atomic E-state index is -0.0979. The molecule has 0 bridgehead atoms. The van der Waals surface area contributed by atoms with Gasteiger partial charge in [-0.15, -0.1) is 0 Å². The molecular formula is C15H21N5O. The molecule has 112 valence electrons. The zero-order valence-corrected chi connectivity index (χ0v) is 12.6. The largest absolute Gasteiger partial charge is 0.370 e. The van der Waals surface area contributed by atoms with E-state index in [4.69, 9.17) is 0 Å². The van der Waals surface area contributed by atoms with E-state index in [-0.39, 0.29) is 11.9 Å². The molecule has 0 aliphatic carbocycles. The van der Waals surface area contributed by atoms with Gasteiger partial charge >= 0.3 is 0 Å². The van der Waals surface area contributed by atoms with Crippen LogP contribution in [0.2, 0.25) is 0 Å². The second kappa shape index (κ2) is 6.88. The van der Waals surface area contributed by atoms with Gasteiger partial charge in [-0.2, -0.15) is 5.10 Å². The maximum Gasteiger partial charge on any atom is 0.251 e. The molecule has 6 nitrogen and oxygen atoms in total. The van der Waals surface area contributed by atoms with Crippen LogP contribution in [0.3, 0.4) is 0 Å². The Hall–Kier alpha value is -2.37. The number of aryl methyl sites for hydroxylation is 1. The first-order valence-electron chi connectivity index (χ1n) is 7.09. The third-order valence-electron chi connectivity index (χ3n) is 2.97. The molecule has 2 heterocycles. The maximum atomic E-state index is 12.3. The van der Waals surface area contributed by atoms with Crippen molar-refractivity contribution in [1.82, 2.24) is 20.1 Å². The van der Waals surface area contributed by atoms with Gasteiger partial charge in [0.15, 0.2) is 0 Å². The molecule has 0 aliphatic rings. The van der Waals surface area contributed by atoms with Crippen molar-refractivity contribution in [2.75, 3.05) is 11.9 Å². The van der Waals surface area contributed by atoms with E-state index < -0.39 is 0 Å². The van der Waals surface area contributed by atoms with E-state index in [1.54, 1.807) is 23.0 Å². The smallest absolute Gasteiger partial charge is 0.251 e. The quantitative estimate of drug-likeness (QED) is 0.850. The van der Waals surface area contributed by atoms with E-state index in [2.05, 4.69) is 20.7 Å². The van der Waals surface area contributed by atoms with Gasteiger partial charge in [0.1, 0.15) is 5.82 Å². The van der Waals surface area contributed by atoms with Crippen molar-refractivity contribution >= 4 is 11.7 Å². The lowest BCUT2D eigenvalue weighted by Gasteiger charge is -2.15. The Bertz CT molecular complexity index is 594. The highest BCUT2D eigenvalue weighted by Gasteiger charge is 2.12. The molecule has 1 amide bonds. The molecule has 0 spiro atoms. The summed E-state index contributed by atoms with van der Waals surface area (Å²) >= 11 is 0. The molecule has 2 rings (SSSR count). The number of anilines is 1. The summed E-state index contributed by atoms with van der Waals surface area (Å²) in [5.74, 6) is 0.627. The molecule has 2 aromatic rings. The minimum Gasteiger partial charge on any atom is -0.370 e. The monoisotopic (exact) mass is 287 g/mol. The van der Waals surface area contributed by atoms with Crippen LogP contribution in [0.25, 0.3) is 0 Å². The fourth-order valence-corrected chi connectivity index (χ4v) is 2.11. The minimum absolute atomic E-state index is 0.00606. The molecule has 0 aliphatic heterocycles. The Kier molecular flexibility index (Phi) is 4.92. The fraction of sp³-hybridized carbons (Fsp3) is 0.400. The number of carbonyl (C=O) groups is 1. The van der Waals surface area contributed by atoms with Gasteiger partial charge in [0.05, 0.1) is 6.54 Å². The number of amides is 1. The normalized spacial score (nSPS) is 12.0. The van der Waals surface area contributed by atoms with Crippen molar-refractivity contribution in [3.63, 3.8) is 0 Å². The lowest BCUT2D eigenvalue weighted by Crippen LogP contribution is -2.35. The van der Waals surface area contributed by atoms with Crippen molar-refractivity contribution in [2.24, 2.45) is 0 Å². The van der Waals surface area contributed by atoms with E-state index in [0.29, 0.717) is 12.1 Å². The van der Waals surface area contributed by atoms with E-state index in [0.717, 1.165) is 18.1 Å². The summed E-state index contributed by atoms with van der Waals surface area (Å²) in [7, 11) is 0. The summed E-state index contributed by atoms with van der Waals surface area (Å²) in [6.45, 7) is 7.25. The topological polar surface area (TPSA) is 71.8 Å². The number of nitrogens with zero attached hydrogens (tertiary/aromatic N) is 3. The Morgan fingerprint density at radius 2 is 2.24 bits per heavy atom. The number of aromatic nitrogens is 3. The molecule has 0 aromatic carbocycles. The molecule has 2 N–H and O–H groups in total. The summed E-state index contributed by atoms with van der Waals surface area (Å²) in [5.41, 5.74) is 1.43. The van der Waals surface area contributed by atoms with Crippen molar-refractivity contribution in [1.29, 1.82) is 0 Å². The van der Waals surface area contributed by atoms with Crippen molar-refractivity contribution in [3.05, 3.63) is 41.9 Å². The molecule has 21 heavy (non-hydrogen) atoms. The van der Waals surface area contributed by atoms with Crippen LogP contribution >= 0.6 is 0 Å². The Morgan fingerprint density at radius 1 is 1.43 bits per heavy atom. The predicted molar refractivity (Wildman–Crippen MR) is 82.3 cm³/mol. The first-order valence-corrected chi connectivity index (χ1v) is 7.09. The van der Waals surface area contributed by atoms with Gasteiger partial charge in [0, 0.05) is 36.2 Å². The molecule has 0 fully saturated rings. The summed E-state index contributed by atoms with van der Waals surface area (Å²) in [6, 6.07) is 5.42. The maximum absolute atomic E-state index is 12.3. The van der Waals surface area contributed by atoms with Crippen LogP contribution in [0, 0.1) is 6.92 Å². The number of rotatable bonds is 6. The third-order valence-corrected chi connectivity index (χ3v) is 2.97. The molecule has 0 saturated heterocycles. The fourth-order valence-electron chi connectivity index (χ4n) is 2.11. The first kappa shape index (κ1) is 15.0. The number of carbonyl (C=O) groups excluding carboxylic acids is 1. The zero-order chi connectivity index (χ0) is 15.2. The lowest BCUT2D eigenvalue weighted by molar-refractivity contribution is 0.0936. The summed E-state index contributed by atoms with van der Waals surface area (Å²) in [5, 5.41) is 10.2. The van der Waals surface area contributed by atoms with Gasteiger partial charge in [-0.3, -0.25) is 9.48 Å². The van der Waals surface area contributed by atoms with Crippen LogP contribution in [0.5, 0.6) is 0 Å². The molecule has 0 saturated carbocycles. The highest BCUT2D eigenvalue weighted by Crippen LogP contribution is 2.10. The second-order valence-electron chi connectivity index (χ2n) is 5.02. The summed E-state index contributed by atoms with van der Waals surface area (Å²) in [4.78, 5) is 16.6. The van der Waals surface area contributed by atoms with E-state index in [1.807, 2.05) is 33.0 Å². The summed E-state index contributed by atoms with van der Waals surface area (Å²) in [6.07, 6.45) is 3.60. The molecule has 1 unspecified atom stereocenters. The number of pyridine rings is 1. The third kappa shape index (κ3) is 4.30. The highest BCUT2D eigenvalue weighted by atomic mass is 16.1. The van der Waals surface area contributed by atoms with Crippen molar-refractivity contribution in [3.8, 4) is 0 Å². The molecule has 0 radical (unpaired) electrons. The molecule has 6 heteroatoms. The van der Waals surface area contributed by atoms with Gasteiger partial charge in [-0.05, 0) is 39.0 Å². The average molecular weight is 287 g/mol. The molecule has 2 aromatic heterocycles. The van der Waals surface area contributed by atoms with Gasteiger partial charge in [0.2, 0.25) is 0 Å². The Labute approximate surface area is 124 Å². The standard InChI is InChI=1S/C15H21N5O/c1-4-16-14-9-13(8-11(2)18-14)15(21)19-12(3)10-20-7-5-6-17-20/h5-9,12H,4,10H2,1-3H3,(H,16,18)(H,19,21). The van der Waals surface area contributed by atoms with Crippen LogP contribution < -0.4 is 10.6 Å². The van der Waals surface area contributed by atoms with E-state index in [1.165, 1.54) is 0 Å². The number of hydrogen-bond acceptors (Lipinski definition) is 4. The first-order chi connectivity index (χ1) is 10.1. The second-order valence-corrected chi connectivity index (χ2v) is 5.02. The number of nitrogens with one attached hydrogen (secondary N) is 2. The van der Waals surface area contributed by atoms with Gasteiger partial charge < -0.3 is 10.6 Å². The van der Waals surface area contributed by atoms with Crippen molar-refractivity contribution < 1.29 is 4.79 Å². The van der Waals surface area contributed by atoms with Crippen LogP contribution in [0.4, 0.5) is 5.82 Å². The van der Waals surface area contributed by atoms with Crippen LogP contribution in [-0.2, 0) is 6.54 Å². The van der Waals surface area contributed by atoms with E-state index in [9.17, 15) is 4.79 Å². The van der Waals surface area contributed by atoms with Crippen LogP contribution in [0.15, 0.2) is 30.6 Å². The lowest BCUT2D eigenvalue weighted by atomic mass is 10.2. The number of hydrogen-bond donors (Lipinski definition) is 2. The van der Waals surface area contributed by atoms with Crippen LogP contribution in [-0.4, -0.2) is 33.3 Å². The average Bonchev–Trinajstić information content (AvgIpc) is 2.91. The summed E-state index contributed by atoms with van der Waals surface area (Å²) < 4.78 is 1.80. The Morgan fingerprint density at radius 3 is 2.90 bits per heavy atom. The van der Waals surface area contributed by atoms with Gasteiger partial charge in [-0.1, -0.05) is 0 Å². The highest BCUT2D eigenvalue weighted by molar-refractivity contribution is 5.95.